The second kappa shape index (κ2) is 8.21. The van der Waals surface area contributed by atoms with Gasteiger partial charge >= 0.3 is 5.69 Å². The van der Waals surface area contributed by atoms with Gasteiger partial charge in [0.05, 0.1) is 11.4 Å². The summed E-state index contributed by atoms with van der Waals surface area (Å²) in [7, 11) is 3.98. The van der Waals surface area contributed by atoms with Gasteiger partial charge in [0, 0.05) is 25.6 Å². The average molecular weight is 404 g/mol. The second-order valence-corrected chi connectivity index (χ2v) is 9.03. The van der Waals surface area contributed by atoms with Gasteiger partial charge in [-0.2, -0.15) is 5.10 Å². The number of thiophene rings is 1. The minimum Gasteiger partial charge on any atom is -0.349 e. The lowest BCUT2D eigenvalue weighted by Crippen LogP contribution is -2.36. The van der Waals surface area contributed by atoms with Crippen molar-refractivity contribution < 1.29 is 4.79 Å². The summed E-state index contributed by atoms with van der Waals surface area (Å²) in [6.45, 7) is 2.01. The first kappa shape index (κ1) is 19.4. The molecule has 28 heavy (non-hydrogen) atoms. The van der Waals surface area contributed by atoms with Crippen molar-refractivity contribution in [2.45, 2.75) is 64.1 Å². The highest BCUT2D eigenvalue weighted by Gasteiger charge is 2.25. The molecule has 0 spiro atoms. The van der Waals surface area contributed by atoms with Gasteiger partial charge in [0.25, 0.3) is 5.91 Å². The van der Waals surface area contributed by atoms with E-state index in [2.05, 4.69) is 15.8 Å². The van der Waals surface area contributed by atoms with Gasteiger partial charge in [-0.05, 0) is 69.1 Å². The molecule has 152 valence electrons. The average Bonchev–Trinajstić information content (AvgIpc) is 3.17. The van der Waals surface area contributed by atoms with Gasteiger partial charge in [-0.15, -0.1) is 11.3 Å². The number of aromatic nitrogens is 3. The van der Waals surface area contributed by atoms with E-state index >= 15 is 0 Å². The minimum absolute atomic E-state index is 0.0313. The zero-order chi connectivity index (χ0) is 19.7. The molecule has 2 aromatic heterocycles. The number of likely N-dealkylation sites (N-methyl/N-ethyl adjacent to an activating group) is 1. The normalized spacial score (nSPS) is 19.2. The predicted molar refractivity (Wildman–Crippen MR) is 110 cm³/mol. The van der Waals surface area contributed by atoms with Crippen LogP contribution in [0.25, 0.3) is 0 Å². The molecule has 4 rings (SSSR count). The Morgan fingerprint density at radius 2 is 2.11 bits per heavy atom. The highest BCUT2D eigenvalue weighted by atomic mass is 32.1. The Hall–Kier alpha value is -1.93. The van der Waals surface area contributed by atoms with Crippen LogP contribution in [-0.4, -0.2) is 51.8 Å². The molecule has 2 aliphatic rings. The van der Waals surface area contributed by atoms with Crippen LogP contribution < -0.4 is 11.0 Å². The second-order valence-electron chi connectivity index (χ2n) is 8.15. The summed E-state index contributed by atoms with van der Waals surface area (Å²) in [6.07, 6.45) is 6.84. The number of hydrogen-bond donors (Lipinski definition) is 1. The lowest BCUT2D eigenvalue weighted by Gasteiger charge is -2.17. The van der Waals surface area contributed by atoms with Gasteiger partial charge < -0.3 is 10.2 Å². The van der Waals surface area contributed by atoms with Gasteiger partial charge in [0.15, 0.2) is 0 Å². The fourth-order valence-electron chi connectivity index (χ4n) is 4.17. The van der Waals surface area contributed by atoms with Crippen LogP contribution in [0.4, 0.5) is 0 Å². The van der Waals surface area contributed by atoms with E-state index in [1.54, 1.807) is 20.6 Å². The Morgan fingerprint density at radius 1 is 1.29 bits per heavy atom. The lowest BCUT2D eigenvalue weighted by molar-refractivity contribution is 0.0936. The van der Waals surface area contributed by atoms with Gasteiger partial charge in [-0.25, -0.2) is 9.48 Å². The molecular weight excluding hydrogens is 374 g/mol. The maximum Gasteiger partial charge on any atom is 0.345 e. The standard InChI is InChI=1S/C20H29N5O2S/c1-23(2)11-12-25-20(27)24-10-9-15(7-8-17(24)22-25)21-19(26)18-16-6-4-3-5-14(16)13-28-18/h13,15H,3-12H2,1-2H3,(H,21,26). The summed E-state index contributed by atoms with van der Waals surface area (Å²) in [5, 5.41) is 9.91. The molecule has 1 unspecified atom stereocenters. The van der Waals surface area contributed by atoms with Crippen molar-refractivity contribution in [3.8, 4) is 0 Å². The van der Waals surface area contributed by atoms with Gasteiger partial charge in [-0.1, -0.05) is 0 Å². The fourth-order valence-corrected chi connectivity index (χ4v) is 5.24. The molecule has 0 aromatic carbocycles. The summed E-state index contributed by atoms with van der Waals surface area (Å²) in [6, 6.07) is 0.0881. The minimum atomic E-state index is -0.0313. The molecule has 1 atom stereocenters. The van der Waals surface area contributed by atoms with E-state index in [9.17, 15) is 9.59 Å². The molecule has 2 aromatic rings. The largest absolute Gasteiger partial charge is 0.349 e. The summed E-state index contributed by atoms with van der Waals surface area (Å²) in [4.78, 5) is 28.4. The van der Waals surface area contributed by atoms with Crippen molar-refractivity contribution in [1.82, 2.24) is 24.6 Å². The van der Waals surface area contributed by atoms with Gasteiger partial charge in [0.2, 0.25) is 0 Å². The number of rotatable bonds is 5. The van der Waals surface area contributed by atoms with Crippen LogP contribution in [0.3, 0.4) is 0 Å². The molecule has 1 N–H and O–H groups in total. The Labute approximate surface area is 169 Å². The van der Waals surface area contributed by atoms with Crippen LogP contribution >= 0.6 is 11.3 Å². The van der Waals surface area contributed by atoms with E-state index in [-0.39, 0.29) is 17.6 Å². The van der Waals surface area contributed by atoms with E-state index in [0.29, 0.717) is 13.1 Å². The Kier molecular flexibility index (Phi) is 5.68. The number of aryl methyl sites for hydroxylation is 2. The summed E-state index contributed by atoms with van der Waals surface area (Å²) in [5.74, 6) is 0.898. The highest BCUT2D eigenvalue weighted by molar-refractivity contribution is 7.12. The number of nitrogens with one attached hydrogen (secondary N) is 1. The molecule has 0 saturated heterocycles. The van der Waals surface area contributed by atoms with Crippen LogP contribution in [0.5, 0.6) is 0 Å². The molecule has 8 heteroatoms. The topological polar surface area (TPSA) is 72.2 Å². The Morgan fingerprint density at radius 3 is 2.93 bits per heavy atom. The van der Waals surface area contributed by atoms with Crippen LogP contribution in [0.2, 0.25) is 0 Å². The molecule has 3 heterocycles. The van der Waals surface area contributed by atoms with E-state index in [1.165, 1.54) is 24.0 Å². The molecule has 1 aliphatic carbocycles. The third-order valence-corrected chi connectivity index (χ3v) is 6.89. The Balaban J connectivity index is 1.40. The maximum absolute atomic E-state index is 12.8. The van der Waals surface area contributed by atoms with Crippen LogP contribution in [0, 0.1) is 0 Å². The van der Waals surface area contributed by atoms with Crippen molar-refractivity contribution in [3.63, 3.8) is 0 Å². The molecule has 0 saturated carbocycles. The van der Waals surface area contributed by atoms with Crippen molar-refractivity contribution in [2.24, 2.45) is 0 Å². The smallest absolute Gasteiger partial charge is 0.345 e. The van der Waals surface area contributed by atoms with E-state index in [0.717, 1.165) is 49.4 Å². The third-order valence-electron chi connectivity index (χ3n) is 5.82. The van der Waals surface area contributed by atoms with Crippen molar-refractivity contribution >= 4 is 17.2 Å². The lowest BCUT2D eigenvalue weighted by atomic mass is 9.93. The van der Waals surface area contributed by atoms with Gasteiger partial charge in [-0.3, -0.25) is 9.36 Å². The number of carbonyl (C=O) groups excluding carboxylic acids is 1. The van der Waals surface area contributed by atoms with Crippen LogP contribution in [-0.2, 0) is 32.4 Å². The molecule has 1 aliphatic heterocycles. The fraction of sp³-hybridized carbons (Fsp3) is 0.650. The zero-order valence-electron chi connectivity index (χ0n) is 16.7. The summed E-state index contributed by atoms with van der Waals surface area (Å²) >= 11 is 1.58. The first-order chi connectivity index (χ1) is 13.5. The number of nitrogens with zero attached hydrogens (tertiary/aromatic N) is 4. The Bertz CT molecular complexity index is 910. The van der Waals surface area contributed by atoms with Gasteiger partial charge in [0.1, 0.15) is 5.82 Å². The number of fused-ring (bicyclic) bond motifs is 2. The first-order valence-corrected chi connectivity index (χ1v) is 11.1. The number of hydrogen-bond acceptors (Lipinski definition) is 5. The van der Waals surface area contributed by atoms with Crippen molar-refractivity contribution in [1.29, 1.82) is 0 Å². The third kappa shape index (κ3) is 3.93. The van der Waals surface area contributed by atoms with Crippen molar-refractivity contribution in [3.05, 3.63) is 37.7 Å². The van der Waals surface area contributed by atoms with E-state index in [4.69, 9.17) is 0 Å². The summed E-state index contributed by atoms with van der Waals surface area (Å²) in [5.41, 5.74) is 2.59. The molecule has 0 radical (unpaired) electrons. The highest BCUT2D eigenvalue weighted by Crippen LogP contribution is 2.30. The number of amides is 1. The van der Waals surface area contributed by atoms with E-state index in [1.807, 2.05) is 19.0 Å². The maximum atomic E-state index is 12.8. The SMILES string of the molecule is CN(C)CCn1nc2n(c1=O)CCC(NC(=O)c1scc3c1CCCC3)CC2. The zero-order valence-corrected chi connectivity index (χ0v) is 17.6. The van der Waals surface area contributed by atoms with Crippen LogP contribution in [0.15, 0.2) is 10.2 Å². The predicted octanol–water partition coefficient (Wildman–Crippen LogP) is 1.68. The molecule has 0 bridgehead atoms. The first-order valence-electron chi connectivity index (χ1n) is 10.2. The molecule has 7 nitrogen and oxygen atoms in total. The summed E-state index contributed by atoms with van der Waals surface area (Å²) < 4.78 is 3.36. The number of carbonyl (C=O) groups is 1. The molecule has 1 amide bonds. The van der Waals surface area contributed by atoms with Crippen molar-refractivity contribution in [2.75, 3.05) is 20.6 Å². The quantitative estimate of drug-likeness (QED) is 0.825. The molecule has 0 fully saturated rings. The van der Waals surface area contributed by atoms with E-state index < -0.39 is 0 Å². The molecular formula is C20H29N5O2S. The van der Waals surface area contributed by atoms with Crippen LogP contribution in [0.1, 0.15) is 52.3 Å². The monoisotopic (exact) mass is 403 g/mol.